The fraction of sp³-hybridized carbons (Fsp3) is 0.467. The minimum absolute atomic E-state index is 0.0924. The molecule has 112 valence electrons. The van der Waals surface area contributed by atoms with Crippen LogP contribution in [0.25, 0.3) is 0 Å². The fourth-order valence-electron chi connectivity index (χ4n) is 2.45. The van der Waals surface area contributed by atoms with Crippen LogP contribution in [0.4, 0.5) is 0 Å². The van der Waals surface area contributed by atoms with E-state index in [2.05, 4.69) is 11.2 Å². The van der Waals surface area contributed by atoms with E-state index in [9.17, 15) is 8.42 Å². The van der Waals surface area contributed by atoms with Crippen molar-refractivity contribution in [2.24, 2.45) is 17.0 Å². The molecule has 0 aromatic heterocycles. The predicted octanol–water partition coefficient (Wildman–Crippen LogP) is 3.10. The highest BCUT2D eigenvalue weighted by molar-refractivity contribution is 7.86. The zero-order chi connectivity index (χ0) is 15.3. The SMILES string of the molecule is C/C(=N\OS(=O)(=O)c1ccccc1)C1CCC(C#N)CC1. The van der Waals surface area contributed by atoms with Crippen LogP contribution < -0.4 is 0 Å². The second-order valence-corrected chi connectivity index (χ2v) is 6.78. The molecule has 2 rings (SSSR count). The van der Waals surface area contributed by atoms with Crippen molar-refractivity contribution >= 4 is 15.8 Å². The lowest BCUT2D eigenvalue weighted by Crippen LogP contribution is -2.20. The Morgan fingerprint density at radius 1 is 1.24 bits per heavy atom. The Balaban J connectivity index is 2.00. The maximum Gasteiger partial charge on any atom is 0.358 e. The van der Waals surface area contributed by atoms with E-state index in [1.165, 1.54) is 12.1 Å². The third-order valence-electron chi connectivity index (χ3n) is 3.81. The molecule has 0 amide bonds. The molecule has 1 aliphatic rings. The summed E-state index contributed by atoms with van der Waals surface area (Å²) in [5, 5.41) is 12.7. The van der Waals surface area contributed by atoms with Crippen molar-refractivity contribution in [1.29, 1.82) is 5.26 Å². The number of hydrogen-bond acceptors (Lipinski definition) is 5. The molecule has 0 N–H and O–H groups in total. The van der Waals surface area contributed by atoms with Crippen molar-refractivity contribution in [2.45, 2.75) is 37.5 Å². The highest BCUT2D eigenvalue weighted by Crippen LogP contribution is 2.29. The Morgan fingerprint density at radius 2 is 1.86 bits per heavy atom. The lowest BCUT2D eigenvalue weighted by molar-refractivity contribution is 0.324. The fourth-order valence-corrected chi connectivity index (χ4v) is 3.25. The quantitative estimate of drug-likeness (QED) is 0.632. The standard InChI is InChI=1S/C15H18N2O3S/c1-12(14-9-7-13(11-16)8-10-14)17-20-21(18,19)15-5-3-2-4-6-15/h2-6,13-14H,7-10H2,1H3/b17-12+. The summed E-state index contributed by atoms with van der Waals surface area (Å²) >= 11 is 0. The van der Waals surface area contributed by atoms with Crippen molar-refractivity contribution in [2.75, 3.05) is 0 Å². The molecule has 0 radical (unpaired) electrons. The van der Waals surface area contributed by atoms with Gasteiger partial charge in [-0.25, -0.2) is 0 Å². The van der Waals surface area contributed by atoms with E-state index in [0.717, 1.165) is 25.7 Å². The van der Waals surface area contributed by atoms with Crippen LogP contribution in [0.1, 0.15) is 32.6 Å². The van der Waals surface area contributed by atoms with Gasteiger partial charge in [0.05, 0.1) is 11.8 Å². The van der Waals surface area contributed by atoms with E-state index in [1.807, 2.05) is 0 Å². The maximum absolute atomic E-state index is 11.9. The Hall–Kier alpha value is -1.87. The normalized spacial score (nSPS) is 23.3. The van der Waals surface area contributed by atoms with Crippen LogP contribution >= 0.6 is 0 Å². The molecular formula is C15H18N2O3S. The number of benzene rings is 1. The summed E-state index contributed by atoms with van der Waals surface area (Å²) in [5.74, 6) is 0.309. The summed E-state index contributed by atoms with van der Waals surface area (Å²) in [6, 6.07) is 10.2. The first-order valence-corrected chi connectivity index (χ1v) is 8.36. The van der Waals surface area contributed by atoms with Crippen molar-refractivity contribution < 1.29 is 12.7 Å². The van der Waals surface area contributed by atoms with Crippen molar-refractivity contribution in [1.82, 2.24) is 0 Å². The molecule has 0 aliphatic heterocycles. The van der Waals surface area contributed by atoms with Crippen LogP contribution in [0, 0.1) is 23.2 Å². The number of nitrogens with zero attached hydrogens (tertiary/aromatic N) is 2. The first-order chi connectivity index (χ1) is 10.0. The zero-order valence-electron chi connectivity index (χ0n) is 11.9. The van der Waals surface area contributed by atoms with Gasteiger partial charge in [-0.3, -0.25) is 4.28 Å². The van der Waals surface area contributed by atoms with Crippen molar-refractivity contribution in [3.63, 3.8) is 0 Å². The largest absolute Gasteiger partial charge is 0.358 e. The minimum atomic E-state index is -3.85. The molecule has 6 heteroatoms. The third-order valence-corrected chi connectivity index (χ3v) is 4.93. The summed E-state index contributed by atoms with van der Waals surface area (Å²) in [7, 11) is -3.85. The molecule has 0 bridgehead atoms. The van der Waals surface area contributed by atoms with Crippen LogP contribution in [-0.4, -0.2) is 14.1 Å². The lowest BCUT2D eigenvalue weighted by atomic mass is 9.81. The topological polar surface area (TPSA) is 79.5 Å². The van der Waals surface area contributed by atoms with E-state index in [1.54, 1.807) is 25.1 Å². The molecule has 0 unspecified atom stereocenters. The molecule has 1 saturated carbocycles. The molecule has 1 aliphatic carbocycles. The molecule has 0 saturated heterocycles. The number of oxime groups is 1. The zero-order valence-corrected chi connectivity index (χ0v) is 12.7. The van der Waals surface area contributed by atoms with E-state index >= 15 is 0 Å². The Morgan fingerprint density at radius 3 is 2.43 bits per heavy atom. The lowest BCUT2D eigenvalue weighted by Gasteiger charge is -2.23. The van der Waals surface area contributed by atoms with Gasteiger partial charge >= 0.3 is 10.1 Å². The van der Waals surface area contributed by atoms with Gasteiger partial charge in [-0.2, -0.15) is 13.7 Å². The first kappa shape index (κ1) is 15.5. The monoisotopic (exact) mass is 306 g/mol. The van der Waals surface area contributed by atoms with E-state index < -0.39 is 10.1 Å². The summed E-state index contributed by atoms with van der Waals surface area (Å²) in [6.07, 6.45) is 3.36. The average molecular weight is 306 g/mol. The summed E-state index contributed by atoms with van der Waals surface area (Å²) in [4.78, 5) is 0.0924. The van der Waals surface area contributed by atoms with Crippen LogP contribution in [0.5, 0.6) is 0 Å². The molecule has 1 fully saturated rings. The van der Waals surface area contributed by atoms with Crippen molar-refractivity contribution in [3.8, 4) is 6.07 Å². The van der Waals surface area contributed by atoms with E-state index in [-0.39, 0.29) is 16.7 Å². The molecule has 5 nitrogen and oxygen atoms in total. The molecule has 1 aromatic carbocycles. The van der Waals surface area contributed by atoms with Gasteiger partial charge in [-0.05, 0) is 44.7 Å². The minimum Gasteiger partial charge on any atom is -0.265 e. The number of hydrogen-bond donors (Lipinski definition) is 0. The summed E-state index contributed by atoms with van der Waals surface area (Å²) in [5.41, 5.74) is 0.672. The molecule has 1 aromatic rings. The van der Waals surface area contributed by atoms with Gasteiger partial charge in [0.1, 0.15) is 4.90 Å². The van der Waals surface area contributed by atoms with Gasteiger partial charge in [0.2, 0.25) is 0 Å². The van der Waals surface area contributed by atoms with Crippen molar-refractivity contribution in [3.05, 3.63) is 30.3 Å². The van der Waals surface area contributed by atoms with Gasteiger partial charge in [-0.15, -0.1) is 0 Å². The number of rotatable bonds is 4. The highest BCUT2D eigenvalue weighted by Gasteiger charge is 2.24. The smallest absolute Gasteiger partial charge is 0.265 e. The molecule has 0 spiro atoms. The van der Waals surface area contributed by atoms with Gasteiger partial charge in [0.25, 0.3) is 0 Å². The van der Waals surface area contributed by atoms with Gasteiger partial charge in [-0.1, -0.05) is 23.4 Å². The van der Waals surface area contributed by atoms with Gasteiger partial charge in [0, 0.05) is 11.8 Å². The van der Waals surface area contributed by atoms with Gasteiger partial charge < -0.3 is 0 Å². The van der Waals surface area contributed by atoms with E-state index in [4.69, 9.17) is 9.55 Å². The molecule has 21 heavy (non-hydrogen) atoms. The molecular weight excluding hydrogens is 288 g/mol. The highest BCUT2D eigenvalue weighted by atomic mass is 32.2. The van der Waals surface area contributed by atoms with Crippen LogP contribution in [0.15, 0.2) is 40.4 Å². The molecule has 0 atom stereocenters. The van der Waals surface area contributed by atoms with Crippen LogP contribution in [0.3, 0.4) is 0 Å². The summed E-state index contributed by atoms with van der Waals surface area (Å²) < 4.78 is 28.7. The van der Waals surface area contributed by atoms with Gasteiger partial charge in [0.15, 0.2) is 0 Å². The third kappa shape index (κ3) is 4.05. The molecule has 0 heterocycles. The number of nitriles is 1. The predicted molar refractivity (Wildman–Crippen MR) is 78.9 cm³/mol. The first-order valence-electron chi connectivity index (χ1n) is 6.95. The second-order valence-electron chi connectivity index (χ2n) is 5.25. The Kier molecular flexibility index (Phi) is 4.97. The summed E-state index contributed by atoms with van der Waals surface area (Å²) in [6.45, 7) is 1.78. The van der Waals surface area contributed by atoms with Crippen LogP contribution in [-0.2, 0) is 14.4 Å². The maximum atomic E-state index is 11.9. The second kappa shape index (κ2) is 6.72. The average Bonchev–Trinajstić information content (AvgIpc) is 2.53. The Labute approximate surface area is 125 Å². The Bertz CT molecular complexity index is 639. The van der Waals surface area contributed by atoms with E-state index in [0.29, 0.717) is 5.71 Å². The van der Waals surface area contributed by atoms with Crippen LogP contribution in [0.2, 0.25) is 0 Å².